The first kappa shape index (κ1) is 9.20. The van der Waals surface area contributed by atoms with Gasteiger partial charge in [-0.3, -0.25) is 0 Å². The van der Waals surface area contributed by atoms with Crippen molar-refractivity contribution in [3.8, 4) is 0 Å². The first-order valence-electron chi connectivity index (χ1n) is 6.24. The molecule has 1 aliphatic carbocycles. The van der Waals surface area contributed by atoms with E-state index >= 15 is 0 Å². The molecule has 2 heterocycles. The Labute approximate surface area is 95.6 Å². The van der Waals surface area contributed by atoms with E-state index in [1.54, 1.807) is 5.56 Å². The van der Waals surface area contributed by atoms with E-state index in [9.17, 15) is 0 Å². The van der Waals surface area contributed by atoms with Gasteiger partial charge in [-0.05, 0) is 35.8 Å². The maximum absolute atomic E-state index is 5.86. The molecule has 84 valence electrons. The lowest BCUT2D eigenvalue weighted by molar-refractivity contribution is -0.121. The Bertz CT molecular complexity index is 415. The van der Waals surface area contributed by atoms with Crippen LogP contribution in [0.1, 0.15) is 17.5 Å². The Balaban J connectivity index is 1.70. The van der Waals surface area contributed by atoms with Crippen LogP contribution in [0.4, 0.5) is 0 Å². The van der Waals surface area contributed by atoms with Crippen molar-refractivity contribution in [1.82, 2.24) is 0 Å². The highest BCUT2D eigenvalue weighted by Crippen LogP contribution is 2.43. The predicted octanol–water partition coefficient (Wildman–Crippen LogP) is 2.16. The third-order valence-electron chi connectivity index (χ3n) is 4.41. The molecule has 3 aliphatic rings. The number of fused-ring (bicyclic) bond motifs is 5. The van der Waals surface area contributed by atoms with Crippen molar-refractivity contribution in [2.75, 3.05) is 6.61 Å². The Morgan fingerprint density at radius 2 is 1.88 bits per heavy atom. The Kier molecular flexibility index (Phi) is 1.91. The van der Waals surface area contributed by atoms with Crippen LogP contribution in [-0.2, 0) is 22.3 Å². The molecule has 0 radical (unpaired) electrons. The third kappa shape index (κ3) is 1.26. The average Bonchev–Trinajstić information content (AvgIpc) is 2.71. The van der Waals surface area contributed by atoms with Gasteiger partial charge in [0.05, 0.1) is 12.7 Å². The second-order valence-corrected chi connectivity index (χ2v) is 5.27. The van der Waals surface area contributed by atoms with Crippen LogP contribution in [0, 0.1) is 11.8 Å². The molecule has 1 aromatic rings. The minimum atomic E-state index is 0.0940. The molecule has 4 atom stereocenters. The summed E-state index contributed by atoms with van der Waals surface area (Å²) in [7, 11) is 0. The van der Waals surface area contributed by atoms with Gasteiger partial charge in [0.1, 0.15) is 0 Å². The second kappa shape index (κ2) is 3.31. The van der Waals surface area contributed by atoms with Crippen molar-refractivity contribution < 1.29 is 9.47 Å². The number of rotatable bonds is 0. The fourth-order valence-electron chi connectivity index (χ4n) is 3.57. The van der Waals surface area contributed by atoms with Crippen LogP contribution < -0.4 is 0 Å². The Morgan fingerprint density at radius 1 is 1.06 bits per heavy atom. The van der Waals surface area contributed by atoms with Crippen LogP contribution in [0.2, 0.25) is 0 Å². The zero-order valence-electron chi connectivity index (χ0n) is 9.26. The molecule has 0 saturated carbocycles. The zero-order chi connectivity index (χ0) is 10.5. The minimum Gasteiger partial charge on any atom is -0.350 e. The first-order valence-corrected chi connectivity index (χ1v) is 6.24. The third-order valence-corrected chi connectivity index (χ3v) is 4.41. The number of benzene rings is 1. The van der Waals surface area contributed by atoms with Crippen molar-refractivity contribution in [2.24, 2.45) is 11.8 Å². The molecule has 0 aromatic heterocycles. The predicted molar refractivity (Wildman–Crippen MR) is 60.1 cm³/mol. The number of hydrogen-bond donors (Lipinski definition) is 0. The van der Waals surface area contributed by atoms with Crippen LogP contribution in [0.25, 0.3) is 0 Å². The zero-order valence-corrected chi connectivity index (χ0v) is 9.26. The molecule has 2 nitrogen and oxygen atoms in total. The van der Waals surface area contributed by atoms with Crippen LogP contribution in [0.3, 0.4) is 0 Å². The van der Waals surface area contributed by atoms with Crippen molar-refractivity contribution in [3.63, 3.8) is 0 Å². The fraction of sp³-hybridized carbons (Fsp3) is 0.571. The summed E-state index contributed by atoms with van der Waals surface area (Å²) >= 11 is 0. The molecule has 0 N–H and O–H groups in total. The SMILES string of the molecule is c1ccc2c(c1)C[C@H]1C[C@H]3OC[C@@H](O3)[C@@H]1C2. The lowest BCUT2D eigenvalue weighted by Crippen LogP contribution is -2.40. The molecule has 2 heteroatoms. The summed E-state index contributed by atoms with van der Waals surface area (Å²) in [6.45, 7) is 0.813. The topological polar surface area (TPSA) is 18.5 Å². The average molecular weight is 216 g/mol. The highest BCUT2D eigenvalue weighted by Gasteiger charge is 2.45. The van der Waals surface area contributed by atoms with E-state index in [4.69, 9.17) is 9.47 Å². The van der Waals surface area contributed by atoms with Crippen molar-refractivity contribution in [2.45, 2.75) is 31.7 Å². The highest BCUT2D eigenvalue weighted by molar-refractivity contribution is 5.31. The van der Waals surface area contributed by atoms with Gasteiger partial charge >= 0.3 is 0 Å². The summed E-state index contributed by atoms with van der Waals surface area (Å²) in [5.74, 6) is 1.47. The van der Waals surface area contributed by atoms with Crippen LogP contribution in [-0.4, -0.2) is 19.0 Å². The first-order chi connectivity index (χ1) is 7.90. The van der Waals surface area contributed by atoms with Gasteiger partial charge in [0.25, 0.3) is 0 Å². The van der Waals surface area contributed by atoms with E-state index < -0.39 is 0 Å². The van der Waals surface area contributed by atoms with Gasteiger partial charge in [-0.1, -0.05) is 24.3 Å². The van der Waals surface area contributed by atoms with Gasteiger partial charge in [-0.25, -0.2) is 0 Å². The summed E-state index contributed by atoms with van der Waals surface area (Å²) in [6.07, 6.45) is 3.95. The summed E-state index contributed by atoms with van der Waals surface area (Å²) < 4.78 is 11.5. The molecule has 0 unspecified atom stereocenters. The largest absolute Gasteiger partial charge is 0.350 e. The summed E-state index contributed by atoms with van der Waals surface area (Å²) in [4.78, 5) is 0. The quantitative estimate of drug-likeness (QED) is 0.661. The van der Waals surface area contributed by atoms with Gasteiger partial charge < -0.3 is 9.47 Å². The van der Waals surface area contributed by atoms with E-state index in [2.05, 4.69) is 24.3 Å². The maximum atomic E-state index is 5.86. The van der Waals surface area contributed by atoms with E-state index in [1.165, 1.54) is 18.4 Å². The molecule has 0 spiro atoms. The molecule has 2 saturated heterocycles. The van der Waals surface area contributed by atoms with Gasteiger partial charge in [-0.15, -0.1) is 0 Å². The van der Waals surface area contributed by atoms with Crippen molar-refractivity contribution in [1.29, 1.82) is 0 Å². The molecule has 2 bridgehead atoms. The van der Waals surface area contributed by atoms with E-state index in [0.717, 1.165) is 18.9 Å². The smallest absolute Gasteiger partial charge is 0.158 e. The number of ether oxygens (including phenoxy) is 2. The van der Waals surface area contributed by atoms with Crippen molar-refractivity contribution >= 4 is 0 Å². The maximum Gasteiger partial charge on any atom is 0.158 e. The van der Waals surface area contributed by atoms with Crippen molar-refractivity contribution in [3.05, 3.63) is 35.4 Å². The lowest BCUT2D eigenvalue weighted by atomic mass is 9.71. The van der Waals surface area contributed by atoms with Crippen LogP contribution in [0.5, 0.6) is 0 Å². The fourth-order valence-corrected chi connectivity index (χ4v) is 3.57. The molecule has 2 aliphatic heterocycles. The molecule has 4 rings (SSSR count). The molecule has 0 amide bonds. The van der Waals surface area contributed by atoms with Gasteiger partial charge in [0.15, 0.2) is 6.29 Å². The lowest BCUT2D eigenvalue weighted by Gasteiger charge is -2.39. The van der Waals surface area contributed by atoms with Crippen LogP contribution >= 0.6 is 0 Å². The Morgan fingerprint density at radius 3 is 2.75 bits per heavy atom. The highest BCUT2D eigenvalue weighted by atomic mass is 16.7. The molecule has 2 fully saturated rings. The van der Waals surface area contributed by atoms with Gasteiger partial charge in [0.2, 0.25) is 0 Å². The normalized spacial score (nSPS) is 40.2. The molecular formula is C14H16O2. The van der Waals surface area contributed by atoms with E-state index in [1.807, 2.05) is 0 Å². The van der Waals surface area contributed by atoms with Crippen LogP contribution in [0.15, 0.2) is 24.3 Å². The van der Waals surface area contributed by atoms with Gasteiger partial charge in [-0.2, -0.15) is 0 Å². The number of hydrogen-bond acceptors (Lipinski definition) is 2. The Hall–Kier alpha value is -0.860. The van der Waals surface area contributed by atoms with E-state index in [-0.39, 0.29) is 6.29 Å². The molecular weight excluding hydrogens is 200 g/mol. The summed E-state index contributed by atoms with van der Waals surface area (Å²) in [5.41, 5.74) is 3.07. The second-order valence-electron chi connectivity index (χ2n) is 5.27. The monoisotopic (exact) mass is 216 g/mol. The minimum absolute atomic E-state index is 0.0940. The summed E-state index contributed by atoms with van der Waals surface area (Å²) in [5, 5.41) is 0. The van der Waals surface area contributed by atoms with E-state index in [0.29, 0.717) is 12.0 Å². The van der Waals surface area contributed by atoms with Gasteiger partial charge in [0, 0.05) is 6.42 Å². The molecule has 16 heavy (non-hydrogen) atoms. The summed E-state index contributed by atoms with van der Waals surface area (Å²) in [6, 6.07) is 8.86. The standard InChI is InChI=1S/C14H16O2/c1-2-4-10-6-12-11(5-9(10)3-1)7-14-15-8-13(12)16-14/h1-4,11-14H,5-8H2/t11-,12+,13+,14-/m0/s1. The molecule has 1 aromatic carbocycles.